The van der Waals surface area contributed by atoms with E-state index in [0.717, 1.165) is 25.6 Å². The maximum atomic E-state index is 13.1. The van der Waals surface area contributed by atoms with Crippen molar-refractivity contribution in [3.63, 3.8) is 0 Å². The standard InChI is InChI=1S/C37H74N2O9Si2/c1-15-30(32(40)44-22-18-20-38(8)9)28-37(6,7)35(43)47-25-27-50(13,14)48-49(11,12)26-19-23-46-34(42)36(4,5)29-31(16-2)33(41)45-24-21-39(10)17-3/h30-31H,15-29H2,1-14H3. The van der Waals surface area contributed by atoms with Crippen LogP contribution >= 0.6 is 0 Å². The van der Waals surface area contributed by atoms with Gasteiger partial charge in [0.05, 0.1) is 42.5 Å². The van der Waals surface area contributed by atoms with E-state index in [1.165, 1.54) is 0 Å². The molecule has 0 saturated carbocycles. The lowest BCUT2D eigenvalue weighted by Crippen LogP contribution is -2.45. The maximum absolute atomic E-state index is 13.1. The fourth-order valence-electron chi connectivity index (χ4n) is 5.73. The van der Waals surface area contributed by atoms with Crippen molar-refractivity contribution >= 4 is 40.5 Å². The summed E-state index contributed by atoms with van der Waals surface area (Å²) >= 11 is 0. The monoisotopic (exact) mass is 746 g/mol. The fraction of sp³-hybridized carbons (Fsp3) is 0.892. The number of carbonyl (C=O) groups excluding carboxylic acids is 4. The first-order valence-electron chi connectivity index (χ1n) is 18.7. The van der Waals surface area contributed by atoms with Gasteiger partial charge in [0.25, 0.3) is 0 Å². The number of hydrogen-bond acceptors (Lipinski definition) is 11. The highest BCUT2D eigenvalue weighted by Gasteiger charge is 2.38. The minimum absolute atomic E-state index is 0.256. The van der Waals surface area contributed by atoms with E-state index in [-0.39, 0.29) is 42.3 Å². The van der Waals surface area contributed by atoms with Crippen molar-refractivity contribution in [1.82, 2.24) is 9.80 Å². The molecular formula is C37H74N2O9Si2. The maximum Gasteiger partial charge on any atom is 0.311 e. The molecule has 11 nitrogen and oxygen atoms in total. The van der Waals surface area contributed by atoms with Crippen molar-refractivity contribution in [2.75, 3.05) is 67.2 Å². The number of likely N-dealkylation sites (N-methyl/N-ethyl adjacent to an activating group) is 1. The van der Waals surface area contributed by atoms with Gasteiger partial charge in [-0.1, -0.05) is 20.8 Å². The zero-order valence-electron chi connectivity index (χ0n) is 34.3. The van der Waals surface area contributed by atoms with E-state index in [4.69, 9.17) is 23.1 Å². The van der Waals surface area contributed by atoms with Gasteiger partial charge in [0.1, 0.15) is 6.61 Å². The van der Waals surface area contributed by atoms with E-state index in [9.17, 15) is 19.2 Å². The molecule has 2 atom stereocenters. The molecule has 0 aliphatic heterocycles. The van der Waals surface area contributed by atoms with Crippen LogP contribution in [0.5, 0.6) is 0 Å². The molecule has 0 radical (unpaired) electrons. The molecule has 0 amide bonds. The van der Waals surface area contributed by atoms with E-state index in [2.05, 4.69) is 38.0 Å². The van der Waals surface area contributed by atoms with Gasteiger partial charge >= 0.3 is 23.9 Å². The summed E-state index contributed by atoms with van der Waals surface area (Å²) in [6.45, 7) is 25.5. The molecule has 0 aliphatic rings. The van der Waals surface area contributed by atoms with Crippen molar-refractivity contribution in [1.29, 1.82) is 0 Å². The molecule has 0 aromatic heterocycles. The van der Waals surface area contributed by atoms with Crippen molar-refractivity contribution in [2.24, 2.45) is 22.7 Å². The van der Waals surface area contributed by atoms with Crippen LogP contribution in [0.15, 0.2) is 0 Å². The largest absolute Gasteiger partial charge is 0.465 e. The van der Waals surface area contributed by atoms with Crippen LogP contribution in [0.1, 0.15) is 87.0 Å². The Morgan fingerprint density at radius 1 is 0.600 bits per heavy atom. The van der Waals surface area contributed by atoms with Crippen molar-refractivity contribution in [3.8, 4) is 0 Å². The summed E-state index contributed by atoms with van der Waals surface area (Å²) in [5, 5.41) is 0. The Kier molecular flexibility index (Phi) is 22.2. The van der Waals surface area contributed by atoms with Gasteiger partial charge in [0.15, 0.2) is 16.6 Å². The second kappa shape index (κ2) is 23.0. The van der Waals surface area contributed by atoms with Crippen LogP contribution in [0.3, 0.4) is 0 Å². The highest BCUT2D eigenvalue weighted by atomic mass is 28.4. The summed E-state index contributed by atoms with van der Waals surface area (Å²) in [5.41, 5.74) is -1.63. The summed E-state index contributed by atoms with van der Waals surface area (Å²) in [7, 11) is 1.69. The van der Waals surface area contributed by atoms with Gasteiger partial charge in [-0.25, -0.2) is 0 Å². The third-order valence-electron chi connectivity index (χ3n) is 9.17. The van der Waals surface area contributed by atoms with Crippen LogP contribution in [-0.4, -0.2) is 118 Å². The van der Waals surface area contributed by atoms with Crippen LogP contribution < -0.4 is 0 Å². The SMILES string of the molecule is CCC(CC(C)(C)C(=O)OCCC[Si](C)(C)O[Si](C)(C)CCOC(=O)C(C)(C)CC(CC)C(=O)OCCCN(C)C)C(=O)OCCN(C)CC. The number of nitrogens with zero attached hydrogens (tertiary/aromatic N) is 2. The smallest absolute Gasteiger partial charge is 0.311 e. The lowest BCUT2D eigenvalue weighted by atomic mass is 9.81. The Labute approximate surface area is 307 Å². The minimum Gasteiger partial charge on any atom is -0.465 e. The zero-order chi connectivity index (χ0) is 38.8. The van der Waals surface area contributed by atoms with Crippen LogP contribution in [0.2, 0.25) is 38.3 Å². The highest BCUT2D eigenvalue weighted by Crippen LogP contribution is 2.32. The van der Waals surface area contributed by atoms with E-state index < -0.39 is 27.5 Å². The van der Waals surface area contributed by atoms with Crippen molar-refractivity contribution < 1.29 is 42.2 Å². The molecule has 0 aliphatic carbocycles. The molecule has 0 rings (SSSR count). The lowest BCUT2D eigenvalue weighted by Gasteiger charge is -2.34. The summed E-state index contributed by atoms with van der Waals surface area (Å²) < 4.78 is 29.1. The highest BCUT2D eigenvalue weighted by molar-refractivity contribution is 6.84. The number of rotatable bonds is 27. The molecule has 0 saturated heterocycles. The Balaban J connectivity index is 4.75. The van der Waals surface area contributed by atoms with Crippen molar-refractivity contribution in [3.05, 3.63) is 0 Å². The Hall–Kier alpha value is -1.81. The average Bonchev–Trinajstić information content (AvgIpc) is 3.01. The van der Waals surface area contributed by atoms with Gasteiger partial charge < -0.3 is 32.9 Å². The summed E-state index contributed by atoms with van der Waals surface area (Å²) in [6.07, 6.45) is 3.40. The van der Waals surface area contributed by atoms with Gasteiger partial charge in [0.2, 0.25) is 0 Å². The minimum atomic E-state index is -2.16. The van der Waals surface area contributed by atoms with Gasteiger partial charge in [-0.15, -0.1) is 0 Å². The second-order valence-electron chi connectivity index (χ2n) is 16.5. The average molecular weight is 747 g/mol. The van der Waals surface area contributed by atoms with E-state index in [0.29, 0.717) is 64.5 Å². The lowest BCUT2D eigenvalue weighted by molar-refractivity contribution is -0.159. The van der Waals surface area contributed by atoms with E-state index >= 15 is 0 Å². The van der Waals surface area contributed by atoms with Crippen LogP contribution in [-0.2, 0) is 42.2 Å². The van der Waals surface area contributed by atoms with Crippen molar-refractivity contribution in [2.45, 2.75) is 125 Å². The first-order valence-corrected chi connectivity index (χ1v) is 25.0. The molecule has 13 heteroatoms. The number of carbonyl (C=O) groups is 4. The van der Waals surface area contributed by atoms with E-state index in [1.54, 1.807) is 0 Å². The summed E-state index contributed by atoms with van der Waals surface area (Å²) in [5.74, 6) is -1.86. The third kappa shape index (κ3) is 20.3. The first kappa shape index (κ1) is 48.2. The predicted molar refractivity (Wildman–Crippen MR) is 205 cm³/mol. The molecule has 0 N–H and O–H groups in total. The summed E-state index contributed by atoms with van der Waals surface area (Å²) in [6, 6.07) is 1.49. The molecule has 294 valence electrons. The molecule has 50 heavy (non-hydrogen) atoms. The van der Waals surface area contributed by atoms with Crippen LogP contribution in [0, 0.1) is 22.7 Å². The topological polar surface area (TPSA) is 121 Å². The van der Waals surface area contributed by atoms with Crippen LogP contribution in [0.25, 0.3) is 0 Å². The molecule has 0 aromatic rings. The first-order chi connectivity index (χ1) is 23.0. The number of hydrogen-bond donors (Lipinski definition) is 0. The fourth-order valence-corrected chi connectivity index (χ4v) is 14.1. The molecule has 0 heterocycles. The third-order valence-corrected chi connectivity index (χ3v) is 16.6. The second-order valence-corrected chi connectivity index (χ2v) is 25.4. The number of esters is 4. The van der Waals surface area contributed by atoms with Gasteiger partial charge in [-0.2, -0.15) is 0 Å². The number of ether oxygens (including phenoxy) is 4. The van der Waals surface area contributed by atoms with Gasteiger partial charge in [-0.3, -0.25) is 19.2 Å². The van der Waals surface area contributed by atoms with Gasteiger partial charge in [0, 0.05) is 13.1 Å². The quantitative estimate of drug-likeness (QED) is 0.0384. The molecule has 0 spiro atoms. The molecule has 0 aromatic carbocycles. The Bertz CT molecular complexity index is 1030. The normalized spacial score (nSPS) is 14.0. The van der Waals surface area contributed by atoms with E-state index in [1.807, 2.05) is 67.6 Å². The van der Waals surface area contributed by atoms with Gasteiger partial charge in [-0.05, 0) is 132 Å². The summed E-state index contributed by atoms with van der Waals surface area (Å²) in [4.78, 5) is 55.5. The predicted octanol–water partition coefficient (Wildman–Crippen LogP) is 6.76. The molecule has 0 fully saturated rings. The molecular weight excluding hydrogens is 673 g/mol. The zero-order valence-corrected chi connectivity index (χ0v) is 36.3. The molecule has 2 unspecified atom stereocenters. The Morgan fingerprint density at radius 2 is 1.04 bits per heavy atom. The van der Waals surface area contributed by atoms with Crippen LogP contribution in [0.4, 0.5) is 0 Å². The Morgan fingerprint density at radius 3 is 1.50 bits per heavy atom. The molecule has 0 bridgehead atoms.